The van der Waals surface area contributed by atoms with Gasteiger partial charge in [-0.2, -0.15) is 0 Å². The number of aromatic nitrogens is 1. The fourth-order valence-corrected chi connectivity index (χ4v) is 3.46. The van der Waals surface area contributed by atoms with Gasteiger partial charge in [-0.3, -0.25) is 4.90 Å². The van der Waals surface area contributed by atoms with Gasteiger partial charge in [0.1, 0.15) is 0 Å². The second kappa shape index (κ2) is 7.74. The zero-order chi connectivity index (χ0) is 13.9. The summed E-state index contributed by atoms with van der Waals surface area (Å²) >= 11 is 1.81. The molecule has 2 rings (SSSR count). The van der Waals surface area contributed by atoms with Crippen LogP contribution in [0.5, 0.6) is 0 Å². The highest BCUT2D eigenvalue weighted by Gasteiger charge is 2.23. The summed E-state index contributed by atoms with van der Waals surface area (Å²) in [4.78, 5) is 7.43. The van der Waals surface area contributed by atoms with E-state index in [1.807, 2.05) is 0 Å². The van der Waals surface area contributed by atoms with Gasteiger partial charge in [0.05, 0.1) is 10.7 Å². The van der Waals surface area contributed by atoms with Crippen LogP contribution in [0.3, 0.4) is 0 Å². The molecule has 0 saturated carbocycles. The second-order valence-corrected chi connectivity index (χ2v) is 7.37. The van der Waals surface area contributed by atoms with E-state index in [1.165, 1.54) is 30.1 Å². The van der Waals surface area contributed by atoms with Gasteiger partial charge in [-0.25, -0.2) is 4.98 Å². The average molecular weight is 318 g/mol. The minimum absolute atomic E-state index is 0. The maximum atomic E-state index is 4.83. The molecule has 1 N–H and O–H groups in total. The van der Waals surface area contributed by atoms with Crippen LogP contribution < -0.4 is 5.32 Å². The van der Waals surface area contributed by atoms with E-state index in [0.29, 0.717) is 6.04 Å². The summed E-state index contributed by atoms with van der Waals surface area (Å²) in [5.74, 6) is 0. The molecule has 1 atom stereocenters. The molecule has 1 unspecified atom stereocenters. The van der Waals surface area contributed by atoms with Crippen LogP contribution in [0.15, 0.2) is 5.38 Å². The molecule has 0 aliphatic carbocycles. The van der Waals surface area contributed by atoms with E-state index in [1.54, 1.807) is 11.3 Å². The van der Waals surface area contributed by atoms with E-state index in [9.17, 15) is 0 Å². The van der Waals surface area contributed by atoms with Crippen molar-refractivity contribution >= 4 is 23.7 Å². The molecular weight excluding hydrogens is 290 g/mol. The van der Waals surface area contributed by atoms with Crippen LogP contribution in [0.1, 0.15) is 51.2 Å². The van der Waals surface area contributed by atoms with E-state index in [-0.39, 0.29) is 17.8 Å². The van der Waals surface area contributed by atoms with Crippen LogP contribution in [0.4, 0.5) is 0 Å². The predicted molar refractivity (Wildman–Crippen MR) is 90.0 cm³/mol. The van der Waals surface area contributed by atoms with Gasteiger partial charge in [0.25, 0.3) is 0 Å². The Morgan fingerprint density at radius 2 is 2.20 bits per heavy atom. The number of nitrogens with one attached hydrogen (secondary N) is 1. The van der Waals surface area contributed by atoms with Crippen LogP contribution in [0, 0.1) is 0 Å². The maximum absolute atomic E-state index is 4.83. The van der Waals surface area contributed by atoms with E-state index < -0.39 is 0 Å². The molecule has 2 heterocycles. The molecule has 1 aromatic heterocycles. The largest absolute Gasteiger partial charge is 0.315 e. The molecule has 0 aromatic carbocycles. The van der Waals surface area contributed by atoms with Crippen molar-refractivity contribution in [3.05, 3.63) is 16.1 Å². The molecule has 1 aromatic rings. The number of halogens is 1. The highest BCUT2D eigenvalue weighted by molar-refractivity contribution is 7.09. The fourth-order valence-electron chi connectivity index (χ4n) is 2.56. The summed E-state index contributed by atoms with van der Waals surface area (Å²) in [6.07, 6.45) is 2.49. The third-order valence-corrected chi connectivity index (χ3v) is 4.94. The first kappa shape index (κ1) is 17.9. The predicted octanol–water partition coefficient (Wildman–Crippen LogP) is 3.44. The van der Waals surface area contributed by atoms with Crippen molar-refractivity contribution in [1.29, 1.82) is 0 Å². The molecule has 5 heteroatoms. The molecule has 0 radical (unpaired) electrons. The third kappa shape index (κ3) is 4.69. The molecule has 1 saturated heterocycles. The fraction of sp³-hybridized carbons (Fsp3) is 0.800. The zero-order valence-corrected chi connectivity index (χ0v) is 14.7. The van der Waals surface area contributed by atoms with Crippen molar-refractivity contribution in [2.75, 3.05) is 19.6 Å². The lowest BCUT2D eigenvalue weighted by atomic mass is 9.98. The van der Waals surface area contributed by atoms with Crippen LogP contribution in [0.25, 0.3) is 0 Å². The quantitative estimate of drug-likeness (QED) is 0.901. The molecular formula is C15H28ClN3S. The Bertz CT molecular complexity index is 394. The Balaban J connectivity index is 0.00000200. The summed E-state index contributed by atoms with van der Waals surface area (Å²) in [7, 11) is 0. The Morgan fingerprint density at radius 3 is 2.70 bits per heavy atom. The molecule has 20 heavy (non-hydrogen) atoms. The lowest BCUT2D eigenvalue weighted by Gasteiger charge is -2.27. The van der Waals surface area contributed by atoms with Gasteiger partial charge in [-0.15, -0.1) is 23.7 Å². The first-order valence-corrected chi connectivity index (χ1v) is 8.28. The van der Waals surface area contributed by atoms with E-state index in [4.69, 9.17) is 4.98 Å². The van der Waals surface area contributed by atoms with E-state index >= 15 is 0 Å². The van der Waals surface area contributed by atoms with Crippen molar-refractivity contribution in [2.45, 2.75) is 58.5 Å². The number of thiazole rings is 1. The Kier molecular flexibility index (Phi) is 6.92. The number of hydrogen-bond donors (Lipinski definition) is 1. The highest BCUT2D eigenvalue weighted by Crippen LogP contribution is 2.26. The molecule has 1 aliphatic rings. The van der Waals surface area contributed by atoms with Gasteiger partial charge in [-0.05, 0) is 25.9 Å². The zero-order valence-electron chi connectivity index (χ0n) is 13.1. The molecule has 1 aliphatic heterocycles. The SMILES string of the molecule is CCCN(Cc1csc(C(C)(C)C)n1)C1CCNC1.Cl. The molecule has 0 spiro atoms. The van der Waals surface area contributed by atoms with Crippen LogP contribution in [0.2, 0.25) is 0 Å². The standard InChI is InChI=1S/C15H27N3S.ClH/c1-5-8-18(13-6-7-16-9-13)10-12-11-19-14(17-12)15(2,3)4;/h11,13,16H,5-10H2,1-4H3;1H. The van der Waals surface area contributed by atoms with Crippen LogP contribution in [-0.2, 0) is 12.0 Å². The van der Waals surface area contributed by atoms with Gasteiger partial charge in [0.2, 0.25) is 0 Å². The lowest BCUT2D eigenvalue weighted by molar-refractivity contribution is 0.197. The molecule has 0 bridgehead atoms. The Morgan fingerprint density at radius 1 is 1.45 bits per heavy atom. The summed E-state index contributed by atoms with van der Waals surface area (Å²) < 4.78 is 0. The lowest BCUT2D eigenvalue weighted by Crippen LogP contribution is -2.37. The monoisotopic (exact) mass is 317 g/mol. The molecule has 1 fully saturated rings. The van der Waals surface area contributed by atoms with Gasteiger partial charge in [-0.1, -0.05) is 27.7 Å². The Hall–Kier alpha value is -0.160. The van der Waals surface area contributed by atoms with Gasteiger partial charge < -0.3 is 5.32 Å². The normalized spacial score (nSPS) is 19.4. The molecule has 3 nitrogen and oxygen atoms in total. The summed E-state index contributed by atoms with van der Waals surface area (Å²) in [6, 6.07) is 0.694. The first-order valence-electron chi connectivity index (χ1n) is 7.40. The third-order valence-electron chi connectivity index (χ3n) is 3.62. The summed E-state index contributed by atoms with van der Waals surface area (Å²) in [5.41, 5.74) is 1.42. The van der Waals surface area contributed by atoms with Crippen molar-refractivity contribution in [2.24, 2.45) is 0 Å². The molecule has 0 amide bonds. The number of nitrogens with zero attached hydrogens (tertiary/aromatic N) is 2. The van der Waals surface area contributed by atoms with Gasteiger partial charge in [0, 0.05) is 29.9 Å². The molecule has 116 valence electrons. The number of hydrogen-bond acceptors (Lipinski definition) is 4. The van der Waals surface area contributed by atoms with E-state index in [2.05, 4.69) is 43.3 Å². The smallest absolute Gasteiger partial charge is 0.0982 e. The van der Waals surface area contributed by atoms with Crippen LogP contribution in [-0.4, -0.2) is 35.6 Å². The van der Waals surface area contributed by atoms with Crippen molar-refractivity contribution in [3.63, 3.8) is 0 Å². The van der Waals surface area contributed by atoms with E-state index in [0.717, 1.165) is 19.6 Å². The van der Waals surface area contributed by atoms with Gasteiger partial charge >= 0.3 is 0 Å². The minimum atomic E-state index is 0. The summed E-state index contributed by atoms with van der Waals surface area (Å²) in [6.45, 7) is 13.4. The topological polar surface area (TPSA) is 28.2 Å². The second-order valence-electron chi connectivity index (χ2n) is 6.51. The first-order chi connectivity index (χ1) is 9.00. The van der Waals surface area contributed by atoms with Crippen LogP contribution >= 0.6 is 23.7 Å². The summed E-state index contributed by atoms with van der Waals surface area (Å²) in [5, 5.41) is 6.96. The van der Waals surface area contributed by atoms with Crippen molar-refractivity contribution in [3.8, 4) is 0 Å². The Labute approximate surface area is 133 Å². The minimum Gasteiger partial charge on any atom is -0.315 e. The maximum Gasteiger partial charge on any atom is 0.0982 e. The van der Waals surface area contributed by atoms with Gasteiger partial charge in [0.15, 0.2) is 0 Å². The number of rotatable bonds is 5. The average Bonchev–Trinajstić information content (AvgIpc) is 2.98. The highest BCUT2D eigenvalue weighted by atomic mass is 35.5. The van der Waals surface area contributed by atoms with Crippen molar-refractivity contribution in [1.82, 2.24) is 15.2 Å². The van der Waals surface area contributed by atoms with Crippen molar-refractivity contribution < 1.29 is 0 Å².